The van der Waals surface area contributed by atoms with Crippen molar-refractivity contribution in [2.24, 2.45) is 5.92 Å². The molecule has 0 bridgehead atoms. The van der Waals surface area contributed by atoms with E-state index in [1.807, 2.05) is 6.07 Å². The molecule has 4 nitrogen and oxygen atoms in total. The minimum Gasteiger partial charge on any atom is -0.398 e. The lowest BCUT2D eigenvalue weighted by Crippen LogP contribution is -2.40. The molecule has 1 aromatic rings. The van der Waals surface area contributed by atoms with E-state index >= 15 is 0 Å². The van der Waals surface area contributed by atoms with Crippen LogP contribution < -0.4 is 11.1 Å². The lowest BCUT2D eigenvalue weighted by molar-refractivity contribution is 0.00501. The maximum absolute atomic E-state index is 11.3. The topological polar surface area (TPSA) is 75.3 Å². The largest absolute Gasteiger partial charge is 0.398 e. The smallest absolute Gasteiger partial charge is 0.161 e. The van der Waals surface area contributed by atoms with Crippen molar-refractivity contribution in [3.63, 3.8) is 0 Å². The molecule has 0 spiro atoms. The molecule has 4 N–H and O–H groups in total. The Morgan fingerprint density at radius 2 is 2.10 bits per heavy atom. The Bertz CT molecular complexity index is 491. The predicted molar refractivity (Wildman–Crippen MR) is 81.9 cm³/mol. The second-order valence-electron chi connectivity index (χ2n) is 6.12. The van der Waals surface area contributed by atoms with Gasteiger partial charge in [0, 0.05) is 23.5 Å². The monoisotopic (exact) mass is 276 g/mol. The minimum atomic E-state index is -0.624. The van der Waals surface area contributed by atoms with Crippen molar-refractivity contribution in [3.05, 3.63) is 23.8 Å². The quantitative estimate of drug-likeness (QED) is 0.584. The summed E-state index contributed by atoms with van der Waals surface area (Å²) in [5.41, 5.74) is 7.10. The lowest BCUT2D eigenvalue weighted by atomic mass is 9.79. The van der Waals surface area contributed by atoms with E-state index in [4.69, 9.17) is 5.73 Å². The summed E-state index contributed by atoms with van der Waals surface area (Å²) in [6.45, 7) is 4.26. The lowest BCUT2D eigenvalue weighted by Gasteiger charge is -2.35. The molecule has 0 saturated heterocycles. The van der Waals surface area contributed by atoms with Gasteiger partial charge in [-0.05, 0) is 56.7 Å². The van der Waals surface area contributed by atoms with Crippen LogP contribution in [-0.2, 0) is 0 Å². The van der Waals surface area contributed by atoms with E-state index < -0.39 is 5.60 Å². The highest BCUT2D eigenvalue weighted by molar-refractivity contribution is 5.99. The number of hydrogen-bond donors (Lipinski definition) is 3. The number of nitrogens with two attached hydrogens (primary N) is 1. The van der Waals surface area contributed by atoms with Crippen LogP contribution in [0.5, 0.6) is 0 Å². The summed E-state index contributed by atoms with van der Waals surface area (Å²) in [6.07, 6.45) is 3.82. The molecule has 1 aromatic carbocycles. The second-order valence-corrected chi connectivity index (χ2v) is 6.12. The summed E-state index contributed by atoms with van der Waals surface area (Å²) >= 11 is 0. The zero-order valence-corrected chi connectivity index (χ0v) is 12.3. The van der Waals surface area contributed by atoms with Crippen LogP contribution in [0.15, 0.2) is 18.2 Å². The van der Waals surface area contributed by atoms with Gasteiger partial charge in [0.05, 0.1) is 5.60 Å². The maximum atomic E-state index is 11.3. The summed E-state index contributed by atoms with van der Waals surface area (Å²) in [6, 6.07) is 5.32. The van der Waals surface area contributed by atoms with Crippen LogP contribution in [0.25, 0.3) is 0 Å². The Labute approximate surface area is 120 Å². The number of ketones is 1. The Balaban J connectivity index is 1.97. The average Bonchev–Trinajstić information content (AvgIpc) is 2.40. The number of hydrogen-bond acceptors (Lipinski definition) is 4. The van der Waals surface area contributed by atoms with Crippen LogP contribution in [0.1, 0.15) is 49.9 Å². The van der Waals surface area contributed by atoms with E-state index in [9.17, 15) is 9.90 Å². The first-order chi connectivity index (χ1) is 9.39. The summed E-state index contributed by atoms with van der Waals surface area (Å²) in [7, 11) is 0. The Morgan fingerprint density at radius 3 is 2.65 bits per heavy atom. The van der Waals surface area contributed by atoms with E-state index in [0.717, 1.165) is 31.4 Å². The highest BCUT2D eigenvalue weighted by Gasteiger charge is 2.31. The molecule has 1 fully saturated rings. The van der Waals surface area contributed by atoms with Crippen molar-refractivity contribution in [2.45, 2.75) is 45.1 Å². The van der Waals surface area contributed by atoms with E-state index in [-0.39, 0.29) is 5.78 Å². The van der Waals surface area contributed by atoms with Gasteiger partial charge in [-0.3, -0.25) is 4.79 Å². The van der Waals surface area contributed by atoms with Crippen LogP contribution in [0.2, 0.25) is 0 Å². The third-order valence-corrected chi connectivity index (χ3v) is 4.26. The summed E-state index contributed by atoms with van der Waals surface area (Å²) in [5, 5.41) is 13.7. The fourth-order valence-corrected chi connectivity index (χ4v) is 2.74. The zero-order valence-electron chi connectivity index (χ0n) is 12.3. The van der Waals surface area contributed by atoms with Crippen LogP contribution in [-0.4, -0.2) is 23.0 Å². The molecule has 0 aromatic heterocycles. The highest BCUT2D eigenvalue weighted by Crippen LogP contribution is 2.32. The van der Waals surface area contributed by atoms with Gasteiger partial charge in [-0.15, -0.1) is 0 Å². The summed E-state index contributed by atoms with van der Waals surface area (Å²) in [4.78, 5) is 11.3. The van der Waals surface area contributed by atoms with Crippen LogP contribution in [0.4, 0.5) is 11.4 Å². The number of carbonyl (C=O) groups excluding carboxylic acids is 1. The molecule has 0 heterocycles. The number of rotatable bonds is 4. The van der Waals surface area contributed by atoms with Gasteiger partial charge in [0.2, 0.25) is 0 Å². The molecule has 0 radical (unpaired) electrons. The Morgan fingerprint density at radius 1 is 1.45 bits per heavy atom. The maximum Gasteiger partial charge on any atom is 0.161 e. The van der Waals surface area contributed by atoms with Crippen molar-refractivity contribution >= 4 is 17.2 Å². The first-order valence-corrected chi connectivity index (χ1v) is 7.26. The first kappa shape index (κ1) is 14.9. The second kappa shape index (κ2) is 5.83. The van der Waals surface area contributed by atoms with Gasteiger partial charge < -0.3 is 16.2 Å². The van der Waals surface area contributed by atoms with Gasteiger partial charge in [-0.25, -0.2) is 0 Å². The molecule has 1 aliphatic rings. The Kier molecular flexibility index (Phi) is 4.33. The van der Waals surface area contributed by atoms with Crippen molar-refractivity contribution in [1.82, 2.24) is 0 Å². The molecular weight excluding hydrogens is 252 g/mol. The fraction of sp³-hybridized carbons (Fsp3) is 0.562. The average molecular weight is 276 g/mol. The molecule has 2 rings (SSSR count). The van der Waals surface area contributed by atoms with Crippen molar-refractivity contribution in [3.8, 4) is 0 Å². The zero-order chi connectivity index (χ0) is 14.8. The number of carbonyl (C=O) groups is 1. The van der Waals surface area contributed by atoms with E-state index in [2.05, 4.69) is 12.2 Å². The van der Waals surface area contributed by atoms with Crippen LogP contribution in [0, 0.1) is 5.92 Å². The van der Waals surface area contributed by atoms with E-state index in [1.165, 1.54) is 6.92 Å². The number of anilines is 2. The normalized spacial score (nSPS) is 26.2. The summed E-state index contributed by atoms with van der Waals surface area (Å²) in [5.74, 6) is 0.676. The van der Waals surface area contributed by atoms with Crippen molar-refractivity contribution in [1.29, 1.82) is 0 Å². The molecule has 20 heavy (non-hydrogen) atoms. The number of benzene rings is 1. The third-order valence-electron chi connectivity index (χ3n) is 4.26. The van der Waals surface area contributed by atoms with Gasteiger partial charge >= 0.3 is 0 Å². The molecule has 0 unspecified atom stereocenters. The van der Waals surface area contributed by atoms with Gasteiger partial charge in [-0.1, -0.05) is 6.92 Å². The van der Waals surface area contributed by atoms with E-state index in [1.54, 1.807) is 12.1 Å². The third kappa shape index (κ3) is 3.51. The standard InChI is InChI=1S/C16H24N2O2/c1-11-5-7-16(20,8-6-11)10-18-13-3-4-14(12(2)19)15(17)9-13/h3-4,9,11,18,20H,5-8,10,17H2,1-2H3. The number of aliphatic hydroxyl groups is 1. The van der Waals surface area contributed by atoms with Crippen molar-refractivity contribution < 1.29 is 9.90 Å². The molecule has 0 atom stereocenters. The van der Waals surface area contributed by atoms with Gasteiger partial charge in [0.25, 0.3) is 0 Å². The van der Waals surface area contributed by atoms with Crippen LogP contribution in [0.3, 0.4) is 0 Å². The highest BCUT2D eigenvalue weighted by atomic mass is 16.3. The van der Waals surface area contributed by atoms with Crippen molar-refractivity contribution in [2.75, 3.05) is 17.6 Å². The summed E-state index contributed by atoms with van der Waals surface area (Å²) < 4.78 is 0. The molecule has 110 valence electrons. The van der Waals surface area contributed by atoms with Crippen LogP contribution >= 0.6 is 0 Å². The Hall–Kier alpha value is -1.55. The number of Topliss-reactive ketones (excluding diaryl/α,β-unsaturated/α-hetero) is 1. The molecule has 1 saturated carbocycles. The first-order valence-electron chi connectivity index (χ1n) is 7.26. The van der Waals surface area contributed by atoms with Gasteiger partial charge in [0.1, 0.15) is 0 Å². The molecule has 1 aliphatic carbocycles. The minimum absolute atomic E-state index is 0.0334. The fourth-order valence-electron chi connectivity index (χ4n) is 2.74. The van der Waals surface area contributed by atoms with Gasteiger partial charge in [0.15, 0.2) is 5.78 Å². The number of nitrogens with one attached hydrogen (secondary N) is 1. The SMILES string of the molecule is CC(=O)c1ccc(NCC2(O)CCC(C)CC2)cc1N. The molecule has 0 amide bonds. The van der Waals surface area contributed by atoms with Gasteiger partial charge in [-0.2, -0.15) is 0 Å². The molecule has 4 heteroatoms. The molecular formula is C16H24N2O2. The van der Waals surface area contributed by atoms with E-state index in [0.29, 0.717) is 23.7 Å². The molecule has 0 aliphatic heterocycles. The number of nitrogen functional groups attached to an aromatic ring is 1. The predicted octanol–water partition coefficient (Wildman–Crippen LogP) is 2.82.